The van der Waals surface area contributed by atoms with Gasteiger partial charge in [0.25, 0.3) is 0 Å². The van der Waals surface area contributed by atoms with Gasteiger partial charge in [-0.3, -0.25) is 0 Å². The van der Waals surface area contributed by atoms with Crippen LogP contribution in [0.4, 0.5) is 0 Å². The topological polar surface area (TPSA) is 12.5 Å². The maximum absolute atomic E-state index is 6.03. The molecule has 2 nitrogen and oxygen atoms in total. The van der Waals surface area contributed by atoms with E-state index in [-0.39, 0.29) is 12.4 Å². The van der Waals surface area contributed by atoms with Crippen LogP contribution in [-0.4, -0.2) is 32.1 Å². The van der Waals surface area contributed by atoms with Crippen LogP contribution < -0.4 is 4.74 Å². The van der Waals surface area contributed by atoms with E-state index >= 15 is 0 Å². The summed E-state index contributed by atoms with van der Waals surface area (Å²) in [5.74, 6) is 0.953. The van der Waals surface area contributed by atoms with E-state index in [0.29, 0.717) is 6.61 Å². The van der Waals surface area contributed by atoms with Crippen molar-refractivity contribution in [2.24, 2.45) is 0 Å². The van der Waals surface area contributed by atoms with Crippen molar-refractivity contribution < 1.29 is 4.74 Å². The molecule has 0 aliphatic rings. The zero-order valence-electron chi connectivity index (χ0n) is 12.4. The molecule has 21 heavy (non-hydrogen) atoms. The van der Waals surface area contributed by atoms with Crippen LogP contribution in [0.5, 0.6) is 5.75 Å². The number of likely N-dealkylation sites (N-methyl/N-ethyl adjacent to an activating group) is 1. The molecule has 0 bridgehead atoms. The highest BCUT2D eigenvalue weighted by Crippen LogP contribution is 2.22. The van der Waals surface area contributed by atoms with Crippen LogP contribution in [0.3, 0.4) is 0 Å². The smallest absolute Gasteiger partial charge is 0.122 e. The molecule has 0 spiro atoms. The molecule has 2 aromatic rings. The van der Waals surface area contributed by atoms with Crippen molar-refractivity contribution in [2.45, 2.75) is 6.42 Å². The van der Waals surface area contributed by atoms with Gasteiger partial charge in [0.15, 0.2) is 0 Å². The number of hydrogen-bond donors (Lipinski definition) is 0. The normalized spacial score (nSPS) is 10.3. The Morgan fingerprint density at radius 2 is 1.81 bits per heavy atom. The fourth-order valence-electron chi connectivity index (χ4n) is 2.00. The second kappa shape index (κ2) is 8.93. The Hall–Kier alpha value is -1.22. The number of hydrogen-bond acceptors (Lipinski definition) is 2. The molecule has 2 rings (SSSR count). The van der Waals surface area contributed by atoms with Crippen molar-refractivity contribution in [1.29, 1.82) is 0 Å². The Morgan fingerprint density at radius 3 is 2.52 bits per heavy atom. The standard InChI is InChI=1S/C17H20ClNO.ClH/c1-19(2)10-11-20-17-9-4-3-7-15(17)12-14-6-5-8-16(18)13-14;/h3-9,13H,10-12H2,1-2H3;1H. The maximum Gasteiger partial charge on any atom is 0.122 e. The lowest BCUT2D eigenvalue weighted by atomic mass is 10.0. The van der Waals surface area contributed by atoms with Gasteiger partial charge in [-0.15, -0.1) is 12.4 Å². The van der Waals surface area contributed by atoms with Crippen molar-refractivity contribution >= 4 is 24.0 Å². The van der Waals surface area contributed by atoms with Gasteiger partial charge in [0.05, 0.1) is 0 Å². The van der Waals surface area contributed by atoms with Gasteiger partial charge in [0.1, 0.15) is 12.4 Å². The molecule has 0 aliphatic carbocycles. The molecule has 0 unspecified atom stereocenters. The quantitative estimate of drug-likeness (QED) is 0.785. The highest BCUT2D eigenvalue weighted by molar-refractivity contribution is 6.30. The molecule has 0 aliphatic heterocycles. The average Bonchev–Trinajstić information content (AvgIpc) is 2.40. The lowest BCUT2D eigenvalue weighted by molar-refractivity contribution is 0.260. The Labute approximate surface area is 138 Å². The van der Waals surface area contributed by atoms with Gasteiger partial charge in [-0.1, -0.05) is 41.9 Å². The minimum atomic E-state index is 0. The number of ether oxygens (including phenoxy) is 1. The van der Waals surface area contributed by atoms with Crippen LogP contribution in [-0.2, 0) is 6.42 Å². The number of nitrogens with zero attached hydrogens (tertiary/aromatic N) is 1. The molecule has 114 valence electrons. The molecule has 2 aromatic carbocycles. The minimum absolute atomic E-state index is 0. The van der Waals surface area contributed by atoms with Gasteiger partial charge in [-0.2, -0.15) is 0 Å². The molecule has 0 saturated heterocycles. The molecular formula is C17H21Cl2NO. The largest absolute Gasteiger partial charge is 0.492 e. The molecule has 0 heterocycles. The number of para-hydroxylation sites is 1. The van der Waals surface area contributed by atoms with Crippen molar-refractivity contribution in [2.75, 3.05) is 27.2 Å². The second-order valence-corrected chi connectivity index (χ2v) is 5.50. The summed E-state index contributed by atoms with van der Waals surface area (Å²) in [6, 6.07) is 16.1. The summed E-state index contributed by atoms with van der Waals surface area (Å²) in [6.07, 6.45) is 0.832. The van der Waals surface area contributed by atoms with E-state index in [1.165, 1.54) is 11.1 Å². The third-order valence-electron chi connectivity index (χ3n) is 3.05. The Kier molecular flexibility index (Phi) is 7.58. The Morgan fingerprint density at radius 1 is 1.05 bits per heavy atom. The molecule has 4 heteroatoms. The molecule has 0 fully saturated rings. The monoisotopic (exact) mass is 325 g/mol. The molecule has 0 saturated carbocycles. The van der Waals surface area contributed by atoms with Gasteiger partial charge >= 0.3 is 0 Å². The van der Waals surface area contributed by atoms with E-state index < -0.39 is 0 Å². The van der Waals surface area contributed by atoms with Crippen LogP contribution in [0, 0.1) is 0 Å². The lowest BCUT2D eigenvalue weighted by Crippen LogP contribution is -2.19. The van der Waals surface area contributed by atoms with E-state index in [0.717, 1.165) is 23.7 Å². The first-order valence-corrected chi connectivity index (χ1v) is 7.13. The van der Waals surface area contributed by atoms with Gasteiger partial charge < -0.3 is 9.64 Å². The van der Waals surface area contributed by atoms with Crippen LogP contribution in [0.15, 0.2) is 48.5 Å². The summed E-state index contributed by atoms with van der Waals surface area (Å²) in [6.45, 7) is 1.60. The first-order valence-electron chi connectivity index (χ1n) is 6.75. The summed E-state index contributed by atoms with van der Waals surface area (Å²) in [7, 11) is 4.09. The highest BCUT2D eigenvalue weighted by Gasteiger charge is 2.05. The Bertz CT molecular complexity index is 558. The van der Waals surface area contributed by atoms with Crippen molar-refractivity contribution in [3.8, 4) is 5.75 Å². The fraction of sp³-hybridized carbons (Fsp3) is 0.294. The molecule has 0 amide bonds. The second-order valence-electron chi connectivity index (χ2n) is 5.07. The predicted molar refractivity (Wildman–Crippen MR) is 92.0 cm³/mol. The molecule has 0 aromatic heterocycles. The first-order chi connectivity index (χ1) is 9.65. The molecular weight excluding hydrogens is 305 g/mol. The van der Waals surface area contributed by atoms with Crippen molar-refractivity contribution in [1.82, 2.24) is 4.90 Å². The third-order valence-corrected chi connectivity index (χ3v) is 3.29. The summed E-state index contributed by atoms with van der Waals surface area (Å²) >= 11 is 6.03. The number of halogens is 2. The predicted octanol–water partition coefficient (Wildman–Crippen LogP) is 4.29. The zero-order chi connectivity index (χ0) is 14.4. The van der Waals surface area contributed by atoms with E-state index in [2.05, 4.69) is 17.0 Å². The van der Waals surface area contributed by atoms with Gasteiger partial charge in [0, 0.05) is 18.0 Å². The molecule has 0 N–H and O–H groups in total. The maximum atomic E-state index is 6.03. The van der Waals surface area contributed by atoms with Crippen molar-refractivity contribution in [3.05, 3.63) is 64.7 Å². The first kappa shape index (κ1) is 17.8. The van der Waals surface area contributed by atoms with Crippen LogP contribution in [0.1, 0.15) is 11.1 Å². The van der Waals surface area contributed by atoms with Gasteiger partial charge in [0.2, 0.25) is 0 Å². The van der Waals surface area contributed by atoms with E-state index in [4.69, 9.17) is 16.3 Å². The highest BCUT2D eigenvalue weighted by atomic mass is 35.5. The number of rotatable bonds is 6. The summed E-state index contributed by atoms with van der Waals surface area (Å²) in [5, 5.41) is 0.772. The summed E-state index contributed by atoms with van der Waals surface area (Å²) in [4.78, 5) is 2.11. The molecule has 0 atom stereocenters. The molecule has 0 radical (unpaired) electrons. The van der Waals surface area contributed by atoms with Gasteiger partial charge in [-0.05, 0) is 43.4 Å². The summed E-state index contributed by atoms with van der Waals surface area (Å²) in [5.41, 5.74) is 2.38. The van der Waals surface area contributed by atoms with E-state index in [9.17, 15) is 0 Å². The third kappa shape index (κ3) is 5.96. The Balaban J connectivity index is 0.00000220. The lowest BCUT2D eigenvalue weighted by Gasteiger charge is -2.14. The van der Waals surface area contributed by atoms with Crippen LogP contribution >= 0.6 is 24.0 Å². The van der Waals surface area contributed by atoms with Crippen LogP contribution in [0.25, 0.3) is 0 Å². The average molecular weight is 326 g/mol. The summed E-state index contributed by atoms with van der Waals surface area (Å²) < 4.78 is 5.88. The minimum Gasteiger partial charge on any atom is -0.492 e. The zero-order valence-corrected chi connectivity index (χ0v) is 14.0. The van der Waals surface area contributed by atoms with E-state index in [1.54, 1.807) is 0 Å². The fourth-order valence-corrected chi connectivity index (χ4v) is 2.21. The van der Waals surface area contributed by atoms with Gasteiger partial charge in [-0.25, -0.2) is 0 Å². The van der Waals surface area contributed by atoms with Crippen molar-refractivity contribution in [3.63, 3.8) is 0 Å². The van der Waals surface area contributed by atoms with E-state index in [1.807, 2.05) is 50.5 Å². The number of benzene rings is 2. The van der Waals surface area contributed by atoms with Crippen LogP contribution in [0.2, 0.25) is 5.02 Å². The SMILES string of the molecule is CN(C)CCOc1ccccc1Cc1cccc(Cl)c1.Cl.